The summed E-state index contributed by atoms with van der Waals surface area (Å²) in [5, 5.41) is 23.1. The number of nitrogens with two attached hydrogens (primary N) is 1. The summed E-state index contributed by atoms with van der Waals surface area (Å²) < 4.78 is 0. The first-order valence-corrected chi connectivity index (χ1v) is 46.0. The van der Waals surface area contributed by atoms with Gasteiger partial charge in [0.25, 0.3) is 17.7 Å². The van der Waals surface area contributed by atoms with Crippen LogP contribution in [-0.2, 0) is 14.4 Å². The Morgan fingerprint density at radius 2 is 0.637 bits per heavy atom. The molecule has 20 heteroatoms. The zero-order chi connectivity index (χ0) is 86.0. The molecule has 5 aliphatic heterocycles. The molecule has 6 amide bonds. The second kappa shape index (κ2) is 48.2. The van der Waals surface area contributed by atoms with Gasteiger partial charge in [-0.15, -0.1) is 0 Å². The van der Waals surface area contributed by atoms with Gasteiger partial charge in [-0.2, -0.15) is 0 Å². The van der Waals surface area contributed by atoms with Crippen molar-refractivity contribution in [2.45, 2.75) is 150 Å². The third-order valence-corrected chi connectivity index (χ3v) is 25.9. The van der Waals surface area contributed by atoms with Crippen LogP contribution in [0.25, 0.3) is 10.8 Å². The first kappa shape index (κ1) is 91.3. The molecule has 0 aromatic heterocycles. The molecule has 6 atom stereocenters. The van der Waals surface area contributed by atoms with E-state index in [0.29, 0.717) is 98.6 Å². The molecule has 0 saturated carbocycles. The number of likely N-dealkylation sites (tertiary alicyclic amines) is 2. The molecule has 0 bridgehead atoms. The normalized spacial score (nSPS) is 19.2. The average Bonchev–Trinajstić information content (AvgIpc) is 1.40. The zero-order valence-corrected chi connectivity index (χ0v) is 73.1. The van der Waals surface area contributed by atoms with E-state index in [1.54, 1.807) is 18.2 Å². The minimum absolute atomic E-state index is 0.0489. The molecule has 5 fully saturated rings. The highest BCUT2D eigenvalue weighted by molar-refractivity contribution is 6.42. The monoisotopic (exact) mass is 1710 g/mol. The van der Waals surface area contributed by atoms with Gasteiger partial charge in [-0.05, 0) is 203 Å². The lowest BCUT2D eigenvalue weighted by Gasteiger charge is -2.31. The fourth-order valence-corrected chi connectivity index (χ4v) is 18.5. The number of amides is 6. The van der Waals surface area contributed by atoms with Gasteiger partial charge in [0.15, 0.2) is 0 Å². The van der Waals surface area contributed by atoms with Crippen LogP contribution in [0.15, 0.2) is 273 Å². The van der Waals surface area contributed by atoms with Crippen molar-refractivity contribution in [2.75, 3.05) is 105 Å². The molecule has 10 aromatic rings. The van der Waals surface area contributed by atoms with Crippen LogP contribution in [0.4, 0.5) is 0 Å². The third-order valence-electron chi connectivity index (χ3n) is 25.2. The summed E-state index contributed by atoms with van der Waals surface area (Å²) in [6, 6.07) is 90.5. The van der Waals surface area contributed by atoms with Crippen LogP contribution in [0, 0.1) is 0 Å². The fraction of sp³-hybridized carbons (Fsp3) is 0.385. The molecule has 5 saturated heterocycles. The summed E-state index contributed by atoms with van der Waals surface area (Å²) in [5.41, 5.74) is 15.0. The van der Waals surface area contributed by atoms with Gasteiger partial charge in [-0.25, -0.2) is 0 Å². The van der Waals surface area contributed by atoms with E-state index >= 15 is 0 Å². The Morgan fingerprint density at radius 3 is 0.984 bits per heavy atom. The van der Waals surface area contributed by atoms with E-state index in [2.05, 4.69) is 197 Å². The van der Waals surface area contributed by atoms with E-state index in [0.717, 1.165) is 101 Å². The second-order valence-corrected chi connectivity index (χ2v) is 34.6. The molecule has 5 aliphatic rings. The van der Waals surface area contributed by atoms with E-state index in [-0.39, 0.29) is 89.4 Å². The Hall–Kier alpha value is -10.4. The topological polar surface area (TPSA) is 217 Å². The molecule has 10 aromatic carbocycles. The van der Waals surface area contributed by atoms with Crippen LogP contribution in [0.5, 0.6) is 0 Å². The lowest BCUT2D eigenvalue weighted by atomic mass is 9.90. The molecule has 0 spiro atoms. The summed E-state index contributed by atoms with van der Waals surface area (Å²) in [7, 11) is 0. The standard InChI is InChI=1S/C35H42Cl2N4O2.C35H44N4O2.C34H38N4O2/c36-31-15-14-28(24-32(31)37)34(42)38-19-16-29-17-23-41(35(43)33(39-29)18-22-40-20-8-3-9-21-40)25-30(26-10-4-1-5-11-26)27-12-6-2-7-13-27;40-34(30-17-9-3-10-18-30)36-22-19-31-20-26-39(35(41)33(37-31)21-25-38-23-11-4-12-24-38)27-32(28-13-5-1-6-14-28)29-15-7-2-8-16-29;35-20-17-32-34(40)38(24-31(26-10-3-1-4-11-26)27-12-5-2-6-13-27)22-19-30(37-32)18-21-36-33(39)29-16-15-25-9-7-8-14-28(25)23-29/h1-2,4-7,10-15,24,29-30,33,39H,3,8-9,16-23,25H2,(H,38,42);1-3,5-10,13-18,31-33,37H,4,11-12,19-27H2,(H,36,40);1-16,23,30-32,37H,17-22,24,35H2,(H,36,39)/t29-,33+;31-,33+;30-,32+/m111/s1. The number of carbonyl (C=O) groups excluding carboxylic acids is 6. The second-order valence-electron chi connectivity index (χ2n) is 33.7. The van der Waals surface area contributed by atoms with Crippen LogP contribution >= 0.6 is 23.2 Å². The Bertz CT molecular complexity index is 4820. The number of carbonyl (C=O) groups is 6. The van der Waals surface area contributed by atoms with Crippen LogP contribution < -0.4 is 37.6 Å². The number of rotatable bonds is 32. The number of hydrogen-bond acceptors (Lipinski definition) is 12. The Labute approximate surface area is 743 Å². The first-order chi connectivity index (χ1) is 60.8. The molecule has 15 rings (SSSR count). The molecule has 18 nitrogen and oxygen atoms in total. The lowest BCUT2D eigenvalue weighted by Crippen LogP contribution is -2.48. The van der Waals surface area contributed by atoms with Crippen LogP contribution in [0.3, 0.4) is 0 Å². The number of hydrogen-bond donors (Lipinski definition) is 7. The Morgan fingerprint density at radius 1 is 0.331 bits per heavy atom. The maximum atomic E-state index is 14.1. The SMILES string of the molecule is NCC[C@@H]1N[C@H](CCNC(=O)c2ccc3ccccc3c2)CCN(CC(c2ccccc2)c2ccccc2)C1=O.O=C(NCC[C@@H]1CCN(CC(c2ccccc2)c2ccccc2)C(=O)[C@H](CCN2CCCCC2)N1)c1ccc(Cl)c(Cl)c1.O=C(NCC[C@@H]1CCN(CC(c2ccccc2)c2ccccc2)C(=O)[C@H](CCN2CCCCC2)N1)c1ccccc1. The maximum absolute atomic E-state index is 14.1. The molecule has 650 valence electrons. The minimum atomic E-state index is -0.333. The molecule has 124 heavy (non-hydrogen) atoms. The molecule has 0 unspecified atom stereocenters. The van der Waals surface area contributed by atoms with Crippen molar-refractivity contribution in [3.8, 4) is 0 Å². The predicted molar refractivity (Wildman–Crippen MR) is 501 cm³/mol. The summed E-state index contributed by atoms with van der Waals surface area (Å²) in [6.07, 6.45) is 14.5. The molecular formula is C104H124Cl2N12O6. The first-order valence-electron chi connectivity index (χ1n) is 45.2. The van der Waals surface area contributed by atoms with Crippen molar-refractivity contribution >= 4 is 69.4 Å². The molecule has 5 heterocycles. The number of nitrogens with zero attached hydrogens (tertiary/aromatic N) is 5. The van der Waals surface area contributed by atoms with Gasteiger partial charge in [-0.3, -0.25) is 28.8 Å². The van der Waals surface area contributed by atoms with E-state index in [9.17, 15) is 28.8 Å². The van der Waals surface area contributed by atoms with Gasteiger partial charge in [0.2, 0.25) is 17.7 Å². The van der Waals surface area contributed by atoms with Gasteiger partial charge in [-0.1, -0.05) is 267 Å². The summed E-state index contributed by atoms with van der Waals surface area (Å²) >= 11 is 12.1. The Balaban J connectivity index is 0.000000160. The van der Waals surface area contributed by atoms with Crippen molar-refractivity contribution in [3.05, 3.63) is 333 Å². The highest BCUT2D eigenvalue weighted by Crippen LogP contribution is 2.33. The summed E-state index contributed by atoms with van der Waals surface area (Å²) in [6.45, 7) is 12.3. The average molecular weight is 1710 g/mol. The number of piperidine rings is 2. The van der Waals surface area contributed by atoms with E-state index in [1.807, 2.05) is 114 Å². The van der Waals surface area contributed by atoms with Gasteiger partial charge < -0.3 is 62.1 Å². The van der Waals surface area contributed by atoms with E-state index in [4.69, 9.17) is 28.9 Å². The van der Waals surface area contributed by atoms with Crippen molar-refractivity contribution in [3.63, 3.8) is 0 Å². The molecule has 0 aliphatic carbocycles. The van der Waals surface area contributed by atoms with Gasteiger partial charge in [0.1, 0.15) is 0 Å². The molecule has 8 N–H and O–H groups in total. The molecular weight excluding hydrogens is 1580 g/mol. The zero-order valence-electron chi connectivity index (χ0n) is 71.6. The number of fused-ring (bicyclic) bond motifs is 1. The van der Waals surface area contributed by atoms with Gasteiger partial charge in [0.05, 0.1) is 28.2 Å². The quantitative estimate of drug-likeness (QED) is 0.0210. The predicted octanol–water partition coefficient (Wildman–Crippen LogP) is 16.2. The van der Waals surface area contributed by atoms with Crippen LogP contribution in [0.2, 0.25) is 10.0 Å². The van der Waals surface area contributed by atoms with E-state index < -0.39 is 0 Å². The number of nitrogens with one attached hydrogen (secondary N) is 6. The van der Waals surface area contributed by atoms with Gasteiger partial charge >= 0.3 is 0 Å². The highest BCUT2D eigenvalue weighted by Gasteiger charge is 2.37. The molecule has 0 radical (unpaired) electrons. The Kier molecular flexibility index (Phi) is 35.5. The van der Waals surface area contributed by atoms with Crippen molar-refractivity contribution in [1.82, 2.24) is 56.4 Å². The largest absolute Gasteiger partial charge is 0.352 e. The smallest absolute Gasteiger partial charge is 0.251 e. The fourth-order valence-electron chi connectivity index (χ4n) is 18.2. The summed E-state index contributed by atoms with van der Waals surface area (Å²) in [5.74, 6) is 0.469. The highest BCUT2D eigenvalue weighted by atomic mass is 35.5. The van der Waals surface area contributed by atoms with Crippen molar-refractivity contribution in [2.24, 2.45) is 5.73 Å². The van der Waals surface area contributed by atoms with Crippen molar-refractivity contribution < 1.29 is 28.8 Å². The van der Waals surface area contributed by atoms with Crippen LogP contribution in [-0.4, -0.2) is 201 Å². The minimum Gasteiger partial charge on any atom is -0.352 e. The van der Waals surface area contributed by atoms with E-state index in [1.165, 1.54) is 71.9 Å². The maximum Gasteiger partial charge on any atom is 0.251 e. The van der Waals surface area contributed by atoms with Crippen molar-refractivity contribution in [1.29, 1.82) is 0 Å². The lowest BCUT2D eigenvalue weighted by molar-refractivity contribution is -0.133. The number of benzene rings is 10. The number of halogens is 2. The van der Waals surface area contributed by atoms with Crippen LogP contribution in [0.1, 0.15) is 179 Å². The van der Waals surface area contributed by atoms with Gasteiger partial charge in [0, 0.05) is 125 Å². The third kappa shape index (κ3) is 27.1. The summed E-state index contributed by atoms with van der Waals surface area (Å²) in [4.78, 5) is 91.3.